The number of carboxylic acid groups (broad SMARTS) is 1. The molecule has 2 aromatic rings. The average Bonchev–Trinajstić information content (AvgIpc) is 2.75. The van der Waals surface area contributed by atoms with Crippen LogP contribution in [0, 0.1) is 12.8 Å². The molecule has 7 heteroatoms. The molecule has 3 N–H and O–H groups in total. The van der Waals surface area contributed by atoms with Gasteiger partial charge in [0.25, 0.3) is 0 Å². The number of aliphatic carboxylic acids is 1. The monoisotopic (exact) mass is 427 g/mol. The van der Waals surface area contributed by atoms with Crippen LogP contribution in [0.1, 0.15) is 37.0 Å². The van der Waals surface area contributed by atoms with Crippen LogP contribution in [0.25, 0.3) is 0 Å². The quantitative estimate of drug-likeness (QED) is 0.449. The van der Waals surface area contributed by atoms with E-state index in [0.717, 1.165) is 17.2 Å². The molecule has 0 unspecified atom stereocenters. The number of aryl methyl sites for hydroxylation is 1. The number of ether oxygens (including phenoxy) is 2. The van der Waals surface area contributed by atoms with Crippen molar-refractivity contribution in [2.24, 2.45) is 5.92 Å². The van der Waals surface area contributed by atoms with Gasteiger partial charge in [-0.15, -0.1) is 0 Å². The number of rotatable bonds is 11. The van der Waals surface area contributed by atoms with Crippen molar-refractivity contribution in [3.63, 3.8) is 0 Å². The summed E-state index contributed by atoms with van der Waals surface area (Å²) in [6.45, 7) is 3.97. The summed E-state index contributed by atoms with van der Waals surface area (Å²) in [6, 6.07) is 14.6. The highest BCUT2D eigenvalue weighted by Crippen LogP contribution is 2.32. The van der Waals surface area contributed by atoms with E-state index in [4.69, 9.17) is 19.7 Å². The van der Waals surface area contributed by atoms with Crippen LogP contribution in [-0.4, -0.2) is 35.5 Å². The summed E-state index contributed by atoms with van der Waals surface area (Å²) < 4.78 is 11.3. The molecule has 2 rings (SSSR count). The van der Waals surface area contributed by atoms with Gasteiger partial charge in [0.1, 0.15) is 18.5 Å². The lowest BCUT2D eigenvalue weighted by Crippen LogP contribution is -2.22. The van der Waals surface area contributed by atoms with E-state index >= 15 is 0 Å². The molecule has 166 valence electrons. The summed E-state index contributed by atoms with van der Waals surface area (Å²) in [5, 5.41) is 20.5. The van der Waals surface area contributed by atoms with Crippen LogP contribution in [0.3, 0.4) is 0 Å². The number of anilines is 1. The standard InChI is InChI=1S/C24H29NO6/c1-17-10-12-20(13-11-17)25-24(29)31-23(18(2)6-3-4-9-22(27)28)19-7-5-8-21(16-19)30-15-14-26/h4-5,7-13,16,18,23,26H,3,6,14-15H2,1-2H3,(H,25,29)(H,27,28)/b9-4+/t18-,23-/m0/s1. The molecule has 0 aromatic heterocycles. The number of allylic oxidation sites excluding steroid dienone is 1. The van der Waals surface area contributed by atoms with Crippen molar-refractivity contribution < 1.29 is 29.3 Å². The third-order valence-electron chi connectivity index (χ3n) is 4.64. The first kappa shape index (κ1) is 24.0. The summed E-state index contributed by atoms with van der Waals surface area (Å²) in [7, 11) is 0. The van der Waals surface area contributed by atoms with Crippen molar-refractivity contribution in [2.45, 2.75) is 32.8 Å². The summed E-state index contributed by atoms with van der Waals surface area (Å²) in [4.78, 5) is 23.2. The number of benzene rings is 2. The Balaban J connectivity index is 2.15. The molecule has 0 saturated heterocycles. The van der Waals surface area contributed by atoms with Crippen molar-refractivity contribution in [1.82, 2.24) is 0 Å². The lowest BCUT2D eigenvalue weighted by Gasteiger charge is -2.25. The van der Waals surface area contributed by atoms with Gasteiger partial charge in [-0.1, -0.05) is 42.8 Å². The fourth-order valence-corrected chi connectivity index (χ4v) is 3.05. The van der Waals surface area contributed by atoms with Crippen molar-refractivity contribution in [3.05, 3.63) is 71.8 Å². The zero-order valence-corrected chi connectivity index (χ0v) is 17.8. The largest absolute Gasteiger partial charge is 0.491 e. The molecule has 0 spiro atoms. The number of hydrogen-bond donors (Lipinski definition) is 3. The SMILES string of the molecule is Cc1ccc(NC(=O)O[C@H](c2cccc(OCCO)c2)[C@@H](C)CC/C=C/C(=O)O)cc1. The fraction of sp³-hybridized carbons (Fsp3) is 0.333. The molecule has 0 aliphatic carbocycles. The van der Waals surface area contributed by atoms with Gasteiger partial charge in [-0.3, -0.25) is 5.32 Å². The molecule has 0 fully saturated rings. The predicted octanol–water partition coefficient (Wildman–Crippen LogP) is 4.71. The minimum Gasteiger partial charge on any atom is -0.491 e. The Morgan fingerprint density at radius 2 is 1.90 bits per heavy atom. The smallest absolute Gasteiger partial charge is 0.412 e. The lowest BCUT2D eigenvalue weighted by atomic mass is 9.93. The molecule has 0 aliphatic rings. The van der Waals surface area contributed by atoms with Crippen LogP contribution >= 0.6 is 0 Å². The second kappa shape index (κ2) is 12.4. The summed E-state index contributed by atoms with van der Waals surface area (Å²) in [6.07, 6.45) is 2.70. The second-order valence-electron chi connectivity index (χ2n) is 7.26. The topological polar surface area (TPSA) is 105 Å². The van der Waals surface area contributed by atoms with Crippen LogP contribution in [0.2, 0.25) is 0 Å². The van der Waals surface area contributed by atoms with Crippen molar-refractivity contribution >= 4 is 17.7 Å². The van der Waals surface area contributed by atoms with Gasteiger partial charge in [0, 0.05) is 11.8 Å². The third kappa shape index (κ3) is 8.52. The van der Waals surface area contributed by atoms with Crippen LogP contribution in [0.15, 0.2) is 60.7 Å². The summed E-state index contributed by atoms with van der Waals surface area (Å²) >= 11 is 0. The van der Waals surface area contributed by atoms with Gasteiger partial charge in [-0.05, 0) is 55.5 Å². The van der Waals surface area contributed by atoms with E-state index in [9.17, 15) is 9.59 Å². The highest BCUT2D eigenvalue weighted by Gasteiger charge is 2.24. The Bertz CT molecular complexity index is 878. The van der Waals surface area contributed by atoms with Crippen LogP contribution in [-0.2, 0) is 9.53 Å². The number of aliphatic hydroxyl groups is 1. The highest BCUT2D eigenvalue weighted by molar-refractivity contribution is 5.84. The molecule has 31 heavy (non-hydrogen) atoms. The molecule has 0 radical (unpaired) electrons. The Kier molecular flexibility index (Phi) is 9.58. The van der Waals surface area contributed by atoms with E-state index in [1.54, 1.807) is 36.4 Å². The van der Waals surface area contributed by atoms with Gasteiger partial charge in [0.15, 0.2) is 0 Å². The predicted molar refractivity (Wildman–Crippen MR) is 118 cm³/mol. The maximum absolute atomic E-state index is 12.6. The zero-order valence-electron chi connectivity index (χ0n) is 17.8. The van der Waals surface area contributed by atoms with Crippen LogP contribution < -0.4 is 10.1 Å². The third-order valence-corrected chi connectivity index (χ3v) is 4.64. The molecule has 7 nitrogen and oxygen atoms in total. The van der Waals surface area contributed by atoms with Crippen molar-refractivity contribution in [3.8, 4) is 5.75 Å². The number of hydrogen-bond acceptors (Lipinski definition) is 5. The summed E-state index contributed by atoms with van der Waals surface area (Å²) in [5.74, 6) is -0.515. The molecule has 2 aromatic carbocycles. The average molecular weight is 427 g/mol. The second-order valence-corrected chi connectivity index (χ2v) is 7.26. The Morgan fingerprint density at radius 1 is 1.16 bits per heavy atom. The van der Waals surface area contributed by atoms with Gasteiger partial charge in [0.2, 0.25) is 0 Å². The van der Waals surface area contributed by atoms with E-state index in [1.165, 1.54) is 0 Å². The molecular weight excluding hydrogens is 398 g/mol. The lowest BCUT2D eigenvalue weighted by molar-refractivity contribution is -0.131. The summed E-state index contributed by atoms with van der Waals surface area (Å²) in [5.41, 5.74) is 2.47. The molecule has 2 atom stereocenters. The van der Waals surface area contributed by atoms with Gasteiger partial charge in [-0.25, -0.2) is 9.59 Å². The number of nitrogens with one attached hydrogen (secondary N) is 1. The maximum Gasteiger partial charge on any atom is 0.412 e. The molecule has 1 amide bonds. The highest BCUT2D eigenvalue weighted by atomic mass is 16.6. The van der Waals surface area contributed by atoms with E-state index in [0.29, 0.717) is 24.3 Å². The van der Waals surface area contributed by atoms with Crippen LogP contribution in [0.5, 0.6) is 5.75 Å². The number of aliphatic hydroxyl groups excluding tert-OH is 1. The molecule has 0 aliphatic heterocycles. The Morgan fingerprint density at radius 3 is 2.58 bits per heavy atom. The van der Waals surface area contributed by atoms with Gasteiger partial charge in [0.05, 0.1) is 6.61 Å². The minimum atomic E-state index is -0.994. The minimum absolute atomic E-state index is 0.0877. The maximum atomic E-state index is 12.6. The van der Waals surface area contributed by atoms with E-state index < -0.39 is 18.2 Å². The number of carbonyl (C=O) groups is 2. The number of amides is 1. The van der Waals surface area contributed by atoms with E-state index in [-0.39, 0.29) is 19.1 Å². The van der Waals surface area contributed by atoms with Gasteiger partial charge in [-0.2, -0.15) is 0 Å². The normalized spacial score (nSPS) is 12.9. The van der Waals surface area contributed by atoms with Gasteiger partial charge >= 0.3 is 12.1 Å². The first-order valence-electron chi connectivity index (χ1n) is 10.2. The molecule has 0 heterocycles. The van der Waals surface area contributed by atoms with Crippen molar-refractivity contribution in [1.29, 1.82) is 0 Å². The first-order chi connectivity index (χ1) is 14.9. The zero-order chi connectivity index (χ0) is 22.6. The Hall–Kier alpha value is -3.32. The van der Waals surface area contributed by atoms with Crippen LogP contribution in [0.4, 0.5) is 10.5 Å². The number of carbonyl (C=O) groups excluding carboxylic acids is 1. The molecule has 0 bridgehead atoms. The molecular formula is C24H29NO6. The first-order valence-corrected chi connectivity index (χ1v) is 10.2. The fourth-order valence-electron chi connectivity index (χ4n) is 3.05. The van der Waals surface area contributed by atoms with Crippen molar-refractivity contribution in [2.75, 3.05) is 18.5 Å². The molecule has 0 saturated carbocycles. The number of carboxylic acids is 1. The van der Waals surface area contributed by atoms with E-state index in [2.05, 4.69) is 5.32 Å². The van der Waals surface area contributed by atoms with Gasteiger partial charge < -0.3 is 19.7 Å². The Labute approximate surface area is 182 Å². The van der Waals surface area contributed by atoms with E-state index in [1.807, 2.05) is 32.0 Å².